The number of carbonyl (C=O) groups excluding carboxylic acids is 1. The van der Waals surface area contributed by atoms with Crippen LogP contribution in [0.4, 0.5) is 0 Å². The summed E-state index contributed by atoms with van der Waals surface area (Å²) in [5.74, 6) is 0.650. The zero-order valence-electron chi connectivity index (χ0n) is 9.70. The van der Waals surface area contributed by atoms with Gasteiger partial charge in [-0.25, -0.2) is 0 Å². The Labute approximate surface area is 129 Å². The molecule has 98 valence electrons. The molecule has 2 aromatic rings. The summed E-state index contributed by atoms with van der Waals surface area (Å²) in [4.78, 5) is 11.0. The molecule has 0 heterocycles. The van der Waals surface area contributed by atoms with Crippen LogP contribution in [-0.4, -0.2) is 5.24 Å². The van der Waals surface area contributed by atoms with Gasteiger partial charge in [0, 0.05) is 10.6 Å². The second-order valence-electron chi connectivity index (χ2n) is 3.83. The molecule has 0 atom stereocenters. The van der Waals surface area contributed by atoms with Crippen LogP contribution in [0.3, 0.4) is 0 Å². The normalized spacial score (nSPS) is 10.3. The fraction of sp³-hybridized carbons (Fsp3) is 0.0714. The van der Waals surface area contributed by atoms with Crippen molar-refractivity contribution in [3.63, 3.8) is 0 Å². The van der Waals surface area contributed by atoms with Crippen molar-refractivity contribution < 1.29 is 9.53 Å². The molecule has 2 rings (SSSR count). The van der Waals surface area contributed by atoms with E-state index in [-0.39, 0.29) is 0 Å². The van der Waals surface area contributed by atoms with Gasteiger partial charge in [-0.1, -0.05) is 23.7 Å². The van der Waals surface area contributed by atoms with Crippen molar-refractivity contribution in [2.45, 2.75) is 6.61 Å². The SMILES string of the molecule is O=C(Cl)c1ccc(OCc2ccc(Cl)cc2)c(Br)c1. The van der Waals surface area contributed by atoms with Crippen LogP contribution in [0, 0.1) is 0 Å². The molecule has 0 N–H and O–H groups in total. The first-order chi connectivity index (χ1) is 9.06. The van der Waals surface area contributed by atoms with Crippen LogP contribution in [0.25, 0.3) is 0 Å². The van der Waals surface area contributed by atoms with Crippen molar-refractivity contribution >= 4 is 44.4 Å². The van der Waals surface area contributed by atoms with Crippen molar-refractivity contribution in [1.82, 2.24) is 0 Å². The van der Waals surface area contributed by atoms with Crippen LogP contribution in [0.1, 0.15) is 15.9 Å². The fourth-order valence-electron chi connectivity index (χ4n) is 1.48. The van der Waals surface area contributed by atoms with Crippen molar-refractivity contribution in [2.24, 2.45) is 0 Å². The highest BCUT2D eigenvalue weighted by Gasteiger charge is 2.07. The predicted octanol–water partition coefficient (Wildman–Crippen LogP) is 5.06. The maximum Gasteiger partial charge on any atom is 0.252 e. The summed E-state index contributed by atoms with van der Waals surface area (Å²) in [6.45, 7) is 0.421. The van der Waals surface area contributed by atoms with E-state index in [4.69, 9.17) is 27.9 Å². The molecule has 0 aliphatic rings. The van der Waals surface area contributed by atoms with E-state index in [9.17, 15) is 4.79 Å². The minimum atomic E-state index is -0.495. The lowest BCUT2D eigenvalue weighted by molar-refractivity contribution is 0.108. The number of hydrogen-bond acceptors (Lipinski definition) is 2. The molecule has 0 saturated carbocycles. The number of halogens is 3. The zero-order valence-corrected chi connectivity index (χ0v) is 12.8. The van der Waals surface area contributed by atoms with Gasteiger partial charge in [-0.15, -0.1) is 0 Å². The van der Waals surface area contributed by atoms with E-state index in [0.29, 0.717) is 27.4 Å². The quantitative estimate of drug-likeness (QED) is 0.713. The fourth-order valence-corrected chi connectivity index (χ4v) is 2.22. The van der Waals surface area contributed by atoms with E-state index in [2.05, 4.69) is 15.9 Å². The van der Waals surface area contributed by atoms with Gasteiger partial charge in [-0.3, -0.25) is 4.79 Å². The third-order valence-electron chi connectivity index (χ3n) is 2.47. The monoisotopic (exact) mass is 358 g/mol. The highest BCUT2D eigenvalue weighted by molar-refractivity contribution is 9.10. The minimum absolute atomic E-state index is 0.421. The van der Waals surface area contributed by atoms with Gasteiger partial charge >= 0.3 is 0 Å². The number of ether oxygens (including phenoxy) is 1. The molecule has 19 heavy (non-hydrogen) atoms. The van der Waals surface area contributed by atoms with Crippen molar-refractivity contribution in [3.05, 3.63) is 63.1 Å². The predicted molar refractivity (Wildman–Crippen MR) is 80.1 cm³/mol. The molecule has 0 radical (unpaired) electrons. The van der Waals surface area contributed by atoms with Crippen LogP contribution < -0.4 is 4.74 Å². The van der Waals surface area contributed by atoms with Crippen molar-refractivity contribution in [2.75, 3.05) is 0 Å². The Morgan fingerprint density at radius 1 is 1.16 bits per heavy atom. The van der Waals surface area contributed by atoms with E-state index < -0.39 is 5.24 Å². The topological polar surface area (TPSA) is 26.3 Å². The smallest absolute Gasteiger partial charge is 0.252 e. The summed E-state index contributed by atoms with van der Waals surface area (Å²) in [5, 5.41) is 0.194. The van der Waals surface area contributed by atoms with Gasteiger partial charge in [0.1, 0.15) is 12.4 Å². The Morgan fingerprint density at radius 2 is 1.84 bits per heavy atom. The summed E-state index contributed by atoms with van der Waals surface area (Å²) in [6.07, 6.45) is 0. The summed E-state index contributed by atoms with van der Waals surface area (Å²) >= 11 is 14.6. The number of rotatable bonds is 4. The van der Waals surface area contributed by atoms with Crippen LogP contribution in [0.15, 0.2) is 46.9 Å². The average Bonchev–Trinajstić information content (AvgIpc) is 2.39. The van der Waals surface area contributed by atoms with Gasteiger partial charge < -0.3 is 4.74 Å². The third kappa shape index (κ3) is 3.96. The molecular weight excluding hydrogens is 351 g/mol. The minimum Gasteiger partial charge on any atom is -0.488 e. The molecule has 0 spiro atoms. The highest BCUT2D eigenvalue weighted by Crippen LogP contribution is 2.27. The molecule has 5 heteroatoms. The lowest BCUT2D eigenvalue weighted by atomic mass is 10.2. The largest absolute Gasteiger partial charge is 0.488 e. The molecule has 0 bridgehead atoms. The lowest BCUT2D eigenvalue weighted by Gasteiger charge is -2.09. The van der Waals surface area contributed by atoms with Crippen molar-refractivity contribution in [1.29, 1.82) is 0 Å². The molecule has 0 aliphatic heterocycles. The number of benzene rings is 2. The molecule has 2 aromatic carbocycles. The molecule has 0 fully saturated rings. The van der Waals surface area contributed by atoms with E-state index in [1.54, 1.807) is 18.2 Å². The molecule has 0 aromatic heterocycles. The van der Waals surface area contributed by atoms with Crippen LogP contribution in [0.2, 0.25) is 5.02 Å². The van der Waals surface area contributed by atoms with Gasteiger partial charge in [-0.2, -0.15) is 0 Å². The van der Waals surface area contributed by atoms with Crippen LogP contribution in [-0.2, 0) is 6.61 Å². The van der Waals surface area contributed by atoms with E-state index >= 15 is 0 Å². The molecular formula is C14H9BrCl2O2. The van der Waals surface area contributed by atoms with Crippen LogP contribution >= 0.6 is 39.1 Å². The highest BCUT2D eigenvalue weighted by atomic mass is 79.9. The molecule has 0 amide bonds. The summed E-state index contributed by atoms with van der Waals surface area (Å²) in [6, 6.07) is 12.4. The van der Waals surface area contributed by atoms with Crippen molar-refractivity contribution in [3.8, 4) is 5.75 Å². The Kier molecular flexibility index (Phi) is 4.86. The summed E-state index contributed by atoms with van der Waals surface area (Å²) < 4.78 is 6.34. The Hall–Kier alpha value is -1.03. The van der Waals surface area contributed by atoms with Gasteiger partial charge in [0.2, 0.25) is 0 Å². The lowest BCUT2D eigenvalue weighted by Crippen LogP contribution is -1.97. The maximum atomic E-state index is 11.0. The molecule has 0 aliphatic carbocycles. The first-order valence-corrected chi connectivity index (χ1v) is 6.98. The summed E-state index contributed by atoms with van der Waals surface area (Å²) in [5.41, 5.74) is 1.43. The second-order valence-corrected chi connectivity index (χ2v) is 5.47. The second kappa shape index (κ2) is 6.42. The Morgan fingerprint density at radius 3 is 2.42 bits per heavy atom. The third-order valence-corrected chi connectivity index (χ3v) is 3.56. The van der Waals surface area contributed by atoms with E-state index in [1.807, 2.05) is 24.3 Å². The number of hydrogen-bond donors (Lipinski definition) is 0. The first kappa shape index (κ1) is 14.4. The van der Waals surface area contributed by atoms with Gasteiger partial charge in [0.25, 0.3) is 5.24 Å². The standard InChI is InChI=1S/C14H9BrCl2O2/c15-12-7-10(14(17)18)3-6-13(12)19-8-9-1-4-11(16)5-2-9/h1-7H,8H2. The molecule has 2 nitrogen and oxygen atoms in total. The first-order valence-electron chi connectivity index (χ1n) is 5.43. The summed E-state index contributed by atoms with van der Waals surface area (Å²) in [7, 11) is 0. The Bertz CT molecular complexity index is 597. The maximum absolute atomic E-state index is 11.0. The molecule has 0 unspecified atom stereocenters. The molecule has 0 saturated heterocycles. The number of carbonyl (C=O) groups is 1. The Balaban J connectivity index is 2.07. The van der Waals surface area contributed by atoms with Gasteiger partial charge in [-0.05, 0) is 63.4 Å². The van der Waals surface area contributed by atoms with Gasteiger partial charge in [0.05, 0.1) is 4.47 Å². The van der Waals surface area contributed by atoms with Crippen LogP contribution in [0.5, 0.6) is 5.75 Å². The van der Waals surface area contributed by atoms with E-state index in [1.165, 1.54) is 0 Å². The van der Waals surface area contributed by atoms with Gasteiger partial charge in [0.15, 0.2) is 0 Å². The average molecular weight is 360 g/mol. The van der Waals surface area contributed by atoms with E-state index in [0.717, 1.165) is 5.56 Å². The zero-order chi connectivity index (χ0) is 13.8.